The average molecular weight is 390 g/mol. The van der Waals surface area contributed by atoms with E-state index < -0.39 is 24.3 Å². The summed E-state index contributed by atoms with van der Waals surface area (Å²) in [6.45, 7) is -3.29. The van der Waals surface area contributed by atoms with Crippen LogP contribution < -0.4 is 20.1 Å². The fourth-order valence-corrected chi connectivity index (χ4v) is 2.10. The van der Waals surface area contributed by atoms with Gasteiger partial charge in [0.2, 0.25) is 5.91 Å². The fourth-order valence-electron chi connectivity index (χ4n) is 2.10. The van der Waals surface area contributed by atoms with Crippen molar-refractivity contribution >= 4 is 17.3 Å². The van der Waals surface area contributed by atoms with Gasteiger partial charge in [-0.25, -0.2) is 0 Å². The Morgan fingerprint density at radius 1 is 1.04 bits per heavy atom. The predicted molar refractivity (Wildman–Crippen MR) is 88.2 cm³/mol. The fraction of sp³-hybridized carbons (Fsp3) is 0.235. The molecule has 0 saturated heterocycles. The molecule has 0 unspecified atom stereocenters. The molecule has 0 radical (unpaired) electrons. The number of halogens is 5. The summed E-state index contributed by atoms with van der Waals surface area (Å²) in [6.07, 6.45) is -4.46. The lowest BCUT2D eigenvalue weighted by Gasteiger charge is -2.13. The standard InChI is InChI=1S/C17H15F5N2O3/c1-26-13-7-6-12(8-14(13)27-16(18)19)23-9-15(25)24-11-4-2-10(3-5-11)17(20,21)22/h2-8,16,23H,9H2,1H3,(H,24,25). The van der Waals surface area contributed by atoms with Gasteiger partial charge in [0.25, 0.3) is 0 Å². The summed E-state index contributed by atoms with van der Waals surface area (Å²) in [5, 5.41) is 5.11. The quantitative estimate of drug-likeness (QED) is 0.690. The summed E-state index contributed by atoms with van der Waals surface area (Å²) in [5.74, 6) is -0.655. The van der Waals surface area contributed by atoms with Crippen LogP contribution in [0.15, 0.2) is 42.5 Å². The first-order valence-electron chi connectivity index (χ1n) is 7.53. The van der Waals surface area contributed by atoms with Crippen LogP contribution in [-0.2, 0) is 11.0 Å². The van der Waals surface area contributed by atoms with E-state index in [0.717, 1.165) is 24.3 Å². The minimum atomic E-state index is -4.46. The van der Waals surface area contributed by atoms with Crippen LogP contribution in [-0.4, -0.2) is 26.2 Å². The number of anilines is 2. The van der Waals surface area contributed by atoms with Gasteiger partial charge in [-0.3, -0.25) is 4.79 Å². The highest BCUT2D eigenvalue weighted by Gasteiger charge is 2.29. The number of ether oxygens (including phenoxy) is 2. The summed E-state index contributed by atoms with van der Waals surface area (Å²) >= 11 is 0. The number of hydrogen-bond acceptors (Lipinski definition) is 4. The van der Waals surface area contributed by atoms with Crippen molar-refractivity contribution in [2.24, 2.45) is 0 Å². The summed E-state index contributed by atoms with van der Waals surface area (Å²) in [6, 6.07) is 8.05. The maximum Gasteiger partial charge on any atom is 0.416 e. The molecule has 0 aromatic heterocycles. The van der Waals surface area contributed by atoms with E-state index in [0.29, 0.717) is 5.69 Å². The van der Waals surface area contributed by atoms with Gasteiger partial charge in [0.15, 0.2) is 11.5 Å². The predicted octanol–water partition coefficient (Wildman–Crippen LogP) is 4.37. The Morgan fingerprint density at radius 3 is 2.22 bits per heavy atom. The van der Waals surface area contributed by atoms with Crippen LogP contribution in [0.25, 0.3) is 0 Å². The summed E-state index contributed by atoms with van der Waals surface area (Å²) in [7, 11) is 1.29. The van der Waals surface area contributed by atoms with Crippen molar-refractivity contribution in [2.75, 3.05) is 24.3 Å². The maximum absolute atomic E-state index is 12.5. The Balaban J connectivity index is 1.95. The topological polar surface area (TPSA) is 59.6 Å². The van der Waals surface area contributed by atoms with Crippen LogP contribution in [0.3, 0.4) is 0 Å². The summed E-state index contributed by atoms with van der Waals surface area (Å²) in [4.78, 5) is 11.9. The molecule has 1 amide bonds. The zero-order chi connectivity index (χ0) is 20.0. The molecule has 2 N–H and O–H groups in total. The van der Waals surface area contributed by atoms with Crippen molar-refractivity contribution in [3.8, 4) is 11.5 Å². The molecule has 0 bridgehead atoms. The Hall–Kier alpha value is -3.04. The number of nitrogens with one attached hydrogen (secondary N) is 2. The Kier molecular flexibility index (Phi) is 6.43. The third-order valence-electron chi connectivity index (χ3n) is 3.33. The van der Waals surface area contributed by atoms with Gasteiger partial charge in [0.1, 0.15) is 0 Å². The van der Waals surface area contributed by atoms with E-state index in [4.69, 9.17) is 4.74 Å². The van der Waals surface area contributed by atoms with Gasteiger partial charge >= 0.3 is 12.8 Å². The Labute approximate surface area is 151 Å². The molecular formula is C17H15F5N2O3. The second-order valence-electron chi connectivity index (χ2n) is 5.22. The van der Waals surface area contributed by atoms with Crippen LogP contribution in [0.4, 0.5) is 33.3 Å². The van der Waals surface area contributed by atoms with Crippen molar-refractivity contribution in [3.63, 3.8) is 0 Å². The molecule has 2 aromatic carbocycles. The van der Waals surface area contributed by atoms with Gasteiger partial charge in [-0.1, -0.05) is 0 Å². The number of rotatable bonds is 7. The molecule has 0 aliphatic carbocycles. The van der Waals surface area contributed by atoms with Crippen LogP contribution in [0.1, 0.15) is 5.56 Å². The number of methoxy groups -OCH3 is 1. The highest BCUT2D eigenvalue weighted by molar-refractivity contribution is 5.93. The van der Waals surface area contributed by atoms with Crippen LogP contribution in [0, 0.1) is 0 Å². The molecule has 0 fully saturated rings. The number of carbonyl (C=O) groups excluding carboxylic acids is 1. The molecule has 146 valence electrons. The van der Waals surface area contributed by atoms with Crippen LogP contribution in [0.2, 0.25) is 0 Å². The highest BCUT2D eigenvalue weighted by atomic mass is 19.4. The van der Waals surface area contributed by atoms with Gasteiger partial charge in [-0.05, 0) is 36.4 Å². The lowest BCUT2D eigenvalue weighted by Crippen LogP contribution is -2.21. The van der Waals surface area contributed by atoms with E-state index in [1.165, 1.54) is 25.3 Å². The number of benzene rings is 2. The first-order valence-corrected chi connectivity index (χ1v) is 7.53. The molecular weight excluding hydrogens is 375 g/mol. The molecule has 2 rings (SSSR count). The number of carbonyl (C=O) groups is 1. The SMILES string of the molecule is COc1ccc(NCC(=O)Nc2ccc(C(F)(F)F)cc2)cc1OC(F)F. The van der Waals surface area contributed by atoms with Crippen molar-refractivity contribution in [1.82, 2.24) is 0 Å². The lowest BCUT2D eigenvalue weighted by molar-refractivity contribution is -0.137. The van der Waals surface area contributed by atoms with Gasteiger partial charge in [-0.2, -0.15) is 22.0 Å². The highest BCUT2D eigenvalue weighted by Crippen LogP contribution is 2.31. The molecule has 0 aliphatic rings. The van der Waals surface area contributed by atoms with E-state index >= 15 is 0 Å². The third kappa shape index (κ3) is 6.01. The normalized spacial score (nSPS) is 11.2. The molecule has 0 saturated carbocycles. The first-order chi connectivity index (χ1) is 12.7. The van der Waals surface area contributed by atoms with Crippen molar-refractivity contribution in [1.29, 1.82) is 0 Å². The van der Waals surface area contributed by atoms with E-state index in [1.807, 2.05) is 0 Å². The monoisotopic (exact) mass is 390 g/mol. The van der Waals surface area contributed by atoms with E-state index in [-0.39, 0.29) is 23.7 Å². The van der Waals surface area contributed by atoms with Gasteiger partial charge in [0.05, 0.1) is 19.2 Å². The Morgan fingerprint density at radius 2 is 1.67 bits per heavy atom. The first kappa shape index (κ1) is 20.3. The van der Waals surface area contributed by atoms with E-state index in [1.54, 1.807) is 0 Å². The Bertz CT molecular complexity index is 779. The van der Waals surface area contributed by atoms with E-state index in [2.05, 4.69) is 15.4 Å². The molecule has 0 aliphatic heterocycles. The zero-order valence-electron chi connectivity index (χ0n) is 13.9. The maximum atomic E-state index is 12.5. The largest absolute Gasteiger partial charge is 0.493 e. The second-order valence-corrected chi connectivity index (χ2v) is 5.22. The number of amides is 1. The second kappa shape index (κ2) is 8.56. The third-order valence-corrected chi connectivity index (χ3v) is 3.33. The molecule has 0 spiro atoms. The van der Waals surface area contributed by atoms with Crippen molar-refractivity contribution in [2.45, 2.75) is 12.8 Å². The number of hydrogen-bond donors (Lipinski definition) is 2. The smallest absolute Gasteiger partial charge is 0.416 e. The molecule has 27 heavy (non-hydrogen) atoms. The summed E-state index contributed by atoms with van der Waals surface area (Å²) in [5.41, 5.74) is -0.330. The molecule has 5 nitrogen and oxygen atoms in total. The molecule has 0 heterocycles. The summed E-state index contributed by atoms with van der Waals surface area (Å²) < 4.78 is 71.5. The van der Waals surface area contributed by atoms with Gasteiger partial charge < -0.3 is 20.1 Å². The lowest BCUT2D eigenvalue weighted by atomic mass is 10.2. The van der Waals surface area contributed by atoms with Gasteiger partial charge in [-0.15, -0.1) is 0 Å². The molecule has 2 aromatic rings. The minimum absolute atomic E-state index is 0.0926. The van der Waals surface area contributed by atoms with Gasteiger partial charge in [0, 0.05) is 17.4 Å². The zero-order valence-corrected chi connectivity index (χ0v) is 13.9. The number of alkyl halides is 5. The van der Waals surface area contributed by atoms with E-state index in [9.17, 15) is 26.7 Å². The minimum Gasteiger partial charge on any atom is -0.493 e. The van der Waals surface area contributed by atoms with Crippen molar-refractivity contribution < 1.29 is 36.2 Å². The van der Waals surface area contributed by atoms with Crippen molar-refractivity contribution in [3.05, 3.63) is 48.0 Å². The molecule has 0 atom stereocenters. The van der Waals surface area contributed by atoms with Crippen LogP contribution in [0.5, 0.6) is 11.5 Å². The average Bonchev–Trinajstić information content (AvgIpc) is 2.59. The molecule has 10 heteroatoms. The van der Waals surface area contributed by atoms with Crippen LogP contribution >= 0.6 is 0 Å².